The Morgan fingerprint density at radius 1 is 0.667 bits per heavy atom. The third kappa shape index (κ3) is 3.29. The average Bonchev–Trinajstić information content (AvgIpc) is 3.20. The van der Waals surface area contributed by atoms with E-state index in [1.54, 1.807) is 14.2 Å². The smallest absolute Gasteiger partial charge is 0.227 e. The maximum Gasteiger partial charge on any atom is 0.227 e. The fraction of sp³-hybridized carbons (Fsp3) is 0.0870. The standard InChI is InChI=1S/C23H19NO3/c1-25-19-14-13-18(15-20(19)26-2)23-24-21(16-9-5-3-6-10-16)22(27-23)17-11-7-4-8-12-17/h3-15H,1-2H3. The number of hydrogen-bond donors (Lipinski definition) is 0. The van der Waals surface area contributed by atoms with Crippen LogP contribution in [-0.2, 0) is 0 Å². The van der Waals surface area contributed by atoms with Gasteiger partial charge in [0, 0.05) is 16.7 Å². The summed E-state index contributed by atoms with van der Waals surface area (Å²) in [4.78, 5) is 4.79. The summed E-state index contributed by atoms with van der Waals surface area (Å²) in [5.74, 6) is 2.58. The molecule has 27 heavy (non-hydrogen) atoms. The summed E-state index contributed by atoms with van der Waals surface area (Å²) < 4.78 is 16.9. The van der Waals surface area contributed by atoms with Crippen molar-refractivity contribution in [3.05, 3.63) is 78.9 Å². The lowest BCUT2D eigenvalue weighted by Gasteiger charge is -2.07. The van der Waals surface area contributed by atoms with Crippen molar-refractivity contribution in [3.63, 3.8) is 0 Å². The highest BCUT2D eigenvalue weighted by molar-refractivity contribution is 5.79. The van der Waals surface area contributed by atoms with Crippen LogP contribution in [0.15, 0.2) is 83.3 Å². The van der Waals surface area contributed by atoms with Gasteiger partial charge in [-0.05, 0) is 18.2 Å². The molecule has 0 aliphatic carbocycles. The molecule has 0 saturated carbocycles. The maximum atomic E-state index is 6.21. The van der Waals surface area contributed by atoms with Crippen molar-refractivity contribution in [3.8, 4) is 45.5 Å². The van der Waals surface area contributed by atoms with Crippen LogP contribution in [0.1, 0.15) is 0 Å². The normalized spacial score (nSPS) is 10.6. The Morgan fingerprint density at radius 2 is 1.30 bits per heavy atom. The fourth-order valence-electron chi connectivity index (χ4n) is 2.99. The van der Waals surface area contributed by atoms with E-state index in [0.29, 0.717) is 17.4 Å². The van der Waals surface area contributed by atoms with E-state index in [1.807, 2.05) is 78.9 Å². The molecule has 4 rings (SSSR count). The molecule has 0 atom stereocenters. The number of rotatable bonds is 5. The van der Waals surface area contributed by atoms with Crippen molar-refractivity contribution >= 4 is 0 Å². The van der Waals surface area contributed by atoms with Gasteiger partial charge in [-0.25, -0.2) is 4.98 Å². The van der Waals surface area contributed by atoms with Crippen LogP contribution in [0.5, 0.6) is 11.5 Å². The molecule has 0 N–H and O–H groups in total. The van der Waals surface area contributed by atoms with Crippen LogP contribution in [0, 0.1) is 0 Å². The predicted molar refractivity (Wildman–Crippen MR) is 106 cm³/mol. The van der Waals surface area contributed by atoms with Gasteiger partial charge in [0.05, 0.1) is 14.2 Å². The zero-order valence-electron chi connectivity index (χ0n) is 15.2. The van der Waals surface area contributed by atoms with Gasteiger partial charge in [-0.3, -0.25) is 0 Å². The van der Waals surface area contributed by atoms with E-state index in [-0.39, 0.29) is 0 Å². The second kappa shape index (κ2) is 7.38. The molecule has 4 nitrogen and oxygen atoms in total. The number of aromatic nitrogens is 1. The number of methoxy groups -OCH3 is 2. The largest absolute Gasteiger partial charge is 0.493 e. The molecule has 4 heteroatoms. The summed E-state index contributed by atoms with van der Waals surface area (Å²) in [6.45, 7) is 0. The lowest BCUT2D eigenvalue weighted by Crippen LogP contribution is -1.90. The molecule has 1 aromatic heterocycles. The monoisotopic (exact) mass is 357 g/mol. The molecule has 1 heterocycles. The quantitative estimate of drug-likeness (QED) is 0.460. The molecule has 0 saturated heterocycles. The number of hydrogen-bond acceptors (Lipinski definition) is 4. The van der Waals surface area contributed by atoms with Gasteiger partial charge in [-0.15, -0.1) is 0 Å². The first-order valence-electron chi connectivity index (χ1n) is 8.64. The third-order valence-electron chi connectivity index (χ3n) is 4.34. The number of nitrogens with zero attached hydrogens (tertiary/aromatic N) is 1. The number of ether oxygens (including phenoxy) is 2. The summed E-state index contributed by atoms with van der Waals surface area (Å²) in [6, 6.07) is 25.7. The molecule has 0 bridgehead atoms. The molecule has 0 radical (unpaired) electrons. The van der Waals surface area contributed by atoms with Crippen molar-refractivity contribution in [2.24, 2.45) is 0 Å². The highest BCUT2D eigenvalue weighted by Gasteiger charge is 2.18. The molecule has 0 fully saturated rings. The summed E-state index contributed by atoms with van der Waals surface area (Å²) in [5, 5.41) is 0. The van der Waals surface area contributed by atoms with Gasteiger partial charge in [-0.1, -0.05) is 60.7 Å². The molecule has 0 amide bonds. The molecule has 0 spiro atoms. The minimum Gasteiger partial charge on any atom is -0.493 e. The van der Waals surface area contributed by atoms with E-state index in [4.69, 9.17) is 18.9 Å². The van der Waals surface area contributed by atoms with Crippen LogP contribution < -0.4 is 9.47 Å². The van der Waals surface area contributed by atoms with Gasteiger partial charge in [-0.2, -0.15) is 0 Å². The molecule has 0 aliphatic rings. The Balaban J connectivity index is 1.87. The van der Waals surface area contributed by atoms with Gasteiger partial charge < -0.3 is 13.9 Å². The van der Waals surface area contributed by atoms with E-state index in [0.717, 1.165) is 28.1 Å². The summed E-state index contributed by atoms with van der Waals surface area (Å²) in [7, 11) is 3.23. The number of benzene rings is 3. The molecular formula is C23H19NO3. The predicted octanol–water partition coefficient (Wildman–Crippen LogP) is 5.69. The Morgan fingerprint density at radius 3 is 1.93 bits per heavy atom. The molecule has 0 aliphatic heterocycles. The molecule has 134 valence electrons. The molecule has 3 aromatic carbocycles. The van der Waals surface area contributed by atoms with Crippen LogP contribution in [-0.4, -0.2) is 19.2 Å². The summed E-state index contributed by atoms with van der Waals surface area (Å²) in [6.07, 6.45) is 0. The lowest BCUT2D eigenvalue weighted by molar-refractivity contribution is 0.355. The maximum absolute atomic E-state index is 6.21. The Hall–Kier alpha value is -3.53. The second-order valence-electron chi connectivity index (χ2n) is 6.00. The van der Waals surface area contributed by atoms with Crippen molar-refractivity contribution in [1.82, 2.24) is 4.98 Å². The Kier molecular flexibility index (Phi) is 4.62. The SMILES string of the molecule is COc1ccc(-c2nc(-c3ccccc3)c(-c3ccccc3)o2)cc1OC. The first-order valence-corrected chi connectivity index (χ1v) is 8.64. The lowest BCUT2D eigenvalue weighted by atomic mass is 10.1. The summed E-state index contributed by atoms with van der Waals surface area (Å²) in [5.41, 5.74) is 3.63. The van der Waals surface area contributed by atoms with Crippen LogP contribution in [0.3, 0.4) is 0 Å². The first-order chi connectivity index (χ1) is 13.3. The Bertz CT molecular complexity index is 983. The van der Waals surface area contributed by atoms with Gasteiger partial charge in [0.1, 0.15) is 5.69 Å². The highest BCUT2D eigenvalue weighted by Crippen LogP contribution is 2.38. The van der Waals surface area contributed by atoms with Crippen LogP contribution in [0.4, 0.5) is 0 Å². The van der Waals surface area contributed by atoms with E-state index in [9.17, 15) is 0 Å². The van der Waals surface area contributed by atoms with E-state index in [2.05, 4.69) is 0 Å². The van der Waals surface area contributed by atoms with Gasteiger partial charge in [0.2, 0.25) is 5.89 Å². The third-order valence-corrected chi connectivity index (χ3v) is 4.34. The van der Waals surface area contributed by atoms with Crippen LogP contribution in [0.25, 0.3) is 34.0 Å². The molecule has 0 unspecified atom stereocenters. The average molecular weight is 357 g/mol. The van der Waals surface area contributed by atoms with Gasteiger partial charge in [0.15, 0.2) is 17.3 Å². The molecule has 4 aromatic rings. The zero-order valence-corrected chi connectivity index (χ0v) is 15.2. The topological polar surface area (TPSA) is 44.5 Å². The van der Waals surface area contributed by atoms with Crippen molar-refractivity contribution in [2.45, 2.75) is 0 Å². The van der Waals surface area contributed by atoms with E-state index in [1.165, 1.54) is 0 Å². The molecular weight excluding hydrogens is 338 g/mol. The van der Waals surface area contributed by atoms with Crippen molar-refractivity contribution in [1.29, 1.82) is 0 Å². The Labute approximate surface area is 158 Å². The summed E-state index contributed by atoms with van der Waals surface area (Å²) >= 11 is 0. The fourth-order valence-corrected chi connectivity index (χ4v) is 2.99. The van der Waals surface area contributed by atoms with Gasteiger partial charge in [0.25, 0.3) is 0 Å². The van der Waals surface area contributed by atoms with E-state index < -0.39 is 0 Å². The minimum absolute atomic E-state index is 0.536. The first kappa shape index (κ1) is 16.9. The van der Waals surface area contributed by atoms with Crippen LogP contribution >= 0.6 is 0 Å². The zero-order chi connectivity index (χ0) is 18.6. The van der Waals surface area contributed by atoms with Crippen molar-refractivity contribution in [2.75, 3.05) is 14.2 Å². The van der Waals surface area contributed by atoms with Gasteiger partial charge >= 0.3 is 0 Å². The highest BCUT2D eigenvalue weighted by atomic mass is 16.5. The number of oxazole rings is 1. The second-order valence-corrected chi connectivity index (χ2v) is 6.00. The van der Waals surface area contributed by atoms with Crippen molar-refractivity contribution < 1.29 is 13.9 Å². The van der Waals surface area contributed by atoms with E-state index >= 15 is 0 Å². The van der Waals surface area contributed by atoms with Crippen LogP contribution in [0.2, 0.25) is 0 Å². The minimum atomic E-state index is 0.536.